The fourth-order valence-electron chi connectivity index (χ4n) is 6.59. The van der Waals surface area contributed by atoms with Gasteiger partial charge in [-0.2, -0.15) is 15.4 Å². The molecule has 7 rings (SSSR count). The second kappa shape index (κ2) is 11.3. The minimum atomic E-state index is -4.54. The Morgan fingerprint density at radius 3 is 2.64 bits per heavy atom. The van der Waals surface area contributed by atoms with Crippen LogP contribution in [0.1, 0.15) is 56.7 Å². The van der Waals surface area contributed by atoms with Crippen LogP contribution in [0, 0.1) is 23.2 Å². The lowest BCUT2D eigenvalue weighted by atomic mass is 9.84. The van der Waals surface area contributed by atoms with Gasteiger partial charge in [0.2, 0.25) is 5.60 Å². The predicted octanol–water partition coefficient (Wildman–Crippen LogP) is 2.81. The molecule has 238 valence electrons. The summed E-state index contributed by atoms with van der Waals surface area (Å²) >= 11 is 0. The van der Waals surface area contributed by atoms with Crippen molar-refractivity contribution in [3.8, 4) is 11.8 Å². The summed E-state index contributed by atoms with van der Waals surface area (Å²) in [6, 6.07) is 12.4. The summed E-state index contributed by atoms with van der Waals surface area (Å²) in [5.74, 6) is -0.0694. The van der Waals surface area contributed by atoms with Crippen molar-refractivity contribution in [2.45, 2.75) is 80.5 Å². The average Bonchev–Trinajstić information content (AvgIpc) is 3.88. The first-order chi connectivity index (χ1) is 21.7. The zero-order valence-electron chi connectivity index (χ0n) is 24.4. The van der Waals surface area contributed by atoms with Crippen molar-refractivity contribution in [1.82, 2.24) is 19.7 Å². The summed E-state index contributed by atoms with van der Waals surface area (Å²) in [4.78, 5) is 17.4. The Morgan fingerprint density at radius 2 is 1.96 bits per heavy atom. The highest BCUT2D eigenvalue weighted by atomic mass is 31.2. The van der Waals surface area contributed by atoms with E-state index in [2.05, 4.69) is 15.2 Å². The van der Waals surface area contributed by atoms with Crippen molar-refractivity contribution in [1.29, 1.82) is 5.26 Å². The van der Waals surface area contributed by atoms with E-state index in [0.717, 1.165) is 32.1 Å². The molecule has 1 aromatic carbocycles. The van der Waals surface area contributed by atoms with Gasteiger partial charge in [-0.1, -0.05) is 37.5 Å². The summed E-state index contributed by atoms with van der Waals surface area (Å²) in [7, 11) is -4.54. The number of para-hydroxylation sites is 1. The molecular formula is C30H35N6O8P. The molecule has 1 saturated heterocycles. The molecule has 1 aliphatic heterocycles. The van der Waals surface area contributed by atoms with Crippen LogP contribution in [0.15, 0.2) is 48.8 Å². The Morgan fingerprint density at radius 1 is 1.20 bits per heavy atom. The maximum atomic E-state index is 14.6. The number of aliphatic hydroxyl groups is 2. The molecule has 14 nitrogen and oxygen atoms in total. The van der Waals surface area contributed by atoms with Crippen LogP contribution < -0.4 is 15.3 Å². The molecule has 5 N–H and O–H groups in total. The second-order valence-corrected chi connectivity index (χ2v) is 14.0. The van der Waals surface area contributed by atoms with Crippen molar-refractivity contribution in [2.75, 3.05) is 12.3 Å². The standard InChI is InChI=1S/C30H35N6O8P/c31-16-29-28(30(29,39)25(37)24(42-29)21-13-14-22-26(32)33-17-34-36(21)22)44-45(40,43-20-9-5-2-6-10-20)35-23(19-7-3-1-4-8-19)27(38)41-15-18-11-12-18/h2,5-6,9-10,13-14,17-19,23-25,28,37,39H,1,3-4,7-8,11-12,15H2,(H,35,40)(H2,32,33,34)/t23-,24-,25-,28?,29+,30+,45?/m0/s1. The fraction of sp³-hybridized carbons (Fsp3) is 0.533. The van der Waals surface area contributed by atoms with E-state index in [9.17, 15) is 24.8 Å². The van der Waals surface area contributed by atoms with E-state index in [1.807, 2.05) is 6.07 Å². The van der Waals surface area contributed by atoms with Gasteiger partial charge in [0.05, 0.1) is 12.3 Å². The number of aliphatic hydroxyl groups excluding tert-OH is 1. The molecule has 0 bridgehead atoms. The third-order valence-corrected chi connectivity index (χ3v) is 10.9. The number of hydrogen-bond donors (Lipinski definition) is 4. The first-order valence-electron chi connectivity index (χ1n) is 15.2. The number of nitriles is 1. The Balaban J connectivity index is 1.18. The van der Waals surface area contributed by atoms with Gasteiger partial charge in [0.1, 0.15) is 41.9 Å². The molecule has 7 atom stereocenters. The molecule has 0 radical (unpaired) electrons. The van der Waals surface area contributed by atoms with Gasteiger partial charge < -0.3 is 29.9 Å². The number of nitrogen functional groups attached to an aromatic ring is 1. The number of ether oxygens (including phenoxy) is 2. The molecule has 45 heavy (non-hydrogen) atoms. The summed E-state index contributed by atoms with van der Waals surface area (Å²) < 4.78 is 39.6. The summed E-state index contributed by atoms with van der Waals surface area (Å²) in [6.45, 7) is 0.279. The molecular weight excluding hydrogens is 603 g/mol. The fourth-order valence-corrected chi connectivity index (χ4v) is 8.39. The van der Waals surface area contributed by atoms with Gasteiger partial charge in [-0.3, -0.25) is 9.32 Å². The van der Waals surface area contributed by atoms with Crippen molar-refractivity contribution >= 4 is 25.1 Å². The number of anilines is 1. The third-order valence-electron chi connectivity index (χ3n) is 9.34. The molecule has 4 fully saturated rings. The minimum Gasteiger partial charge on any atom is -0.464 e. The van der Waals surface area contributed by atoms with Crippen LogP contribution in [0.3, 0.4) is 0 Å². The number of carbonyl (C=O) groups is 1. The smallest absolute Gasteiger partial charge is 0.460 e. The summed E-state index contributed by atoms with van der Waals surface area (Å²) in [5.41, 5.74) is 2.31. The average molecular weight is 639 g/mol. The Labute approximate surface area is 259 Å². The van der Waals surface area contributed by atoms with Crippen LogP contribution in [0.4, 0.5) is 5.82 Å². The van der Waals surface area contributed by atoms with Crippen molar-refractivity contribution in [3.05, 3.63) is 54.5 Å². The second-order valence-electron chi connectivity index (χ2n) is 12.3. The van der Waals surface area contributed by atoms with E-state index in [4.69, 9.17) is 24.3 Å². The largest absolute Gasteiger partial charge is 0.464 e. The lowest BCUT2D eigenvalue weighted by molar-refractivity contribution is -0.148. The molecule has 0 spiro atoms. The van der Waals surface area contributed by atoms with Gasteiger partial charge in [0, 0.05) is 0 Å². The van der Waals surface area contributed by atoms with Crippen LogP contribution in [-0.2, 0) is 23.4 Å². The number of carbonyl (C=O) groups excluding carboxylic acids is 1. The number of nitrogens with two attached hydrogens (primary N) is 1. The minimum absolute atomic E-state index is 0.169. The molecule has 2 aromatic heterocycles. The Bertz CT molecular complexity index is 1670. The topological polar surface area (TPSA) is 204 Å². The maximum Gasteiger partial charge on any atom is 0.460 e. The highest BCUT2D eigenvalue weighted by Gasteiger charge is 2.91. The van der Waals surface area contributed by atoms with Gasteiger partial charge in [-0.15, -0.1) is 0 Å². The van der Waals surface area contributed by atoms with E-state index in [1.54, 1.807) is 42.5 Å². The summed E-state index contributed by atoms with van der Waals surface area (Å²) in [6.07, 6.45) is 2.96. The van der Waals surface area contributed by atoms with E-state index >= 15 is 0 Å². The quantitative estimate of drug-likeness (QED) is 0.176. The monoisotopic (exact) mass is 638 g/mol. The summed E-state index contributed by atoms with van der Waals surface area (Å²) in [5, 5.41) is 40.4. The molecule has 0 amide bonds. The van der Waals surface area contributed by atoms with Gasteiger partial charge in [-0.25, -0.2) is 14.1 Å². The normalized spacial score (nSPS) is 31.4. The lowest BCUT2D eigenvalue weighted by Gasteiger charge is -2.32. The highest BCUT2D eigenvalue weighted by Crippen LogP contribution is 2.68. The number of nitrogens with zero attached hydrogens (tertiary/aromatic N) is 4. The zero-order chi connectivity index (χ0) is 31.4. The number of hydrogen-bond acceptors (Lipinski definition) is 12. The van der Waals surface area contributed by atoms with Crippen LogP contribution >= 0.6 is 7.75 Å². The van der Waals surface area contributed by atoms with Crippen molar-refractivity contribution in [3.63, 3.8) is 0 Å². The van der Waals surface area contributed by atoms with Gasteiger partial charge >= 0.3 is 13.7 Å². The predicted molar refractivity (Wildman–Crippen MR) is 157 cm³/mol. The number of nitrogens with one attached hydrogen (secondary N) is 1. The van der Waals surface area contributed by atoms with Gasteiger partial charge in [-0.05, 0) is 61.8 Å². The van der Waals surface area contributed by atoms with Crippen molar-refractivity contribution in [2.24, 2.45) is 11.8 Å². The Hall–Kier alpha value is -3.57. The molecule has 3 heterocycles. The molecule has 3 aliphatic carbocycles. The van der Waals surface area contributed by atoms with Crippen molar-refractivity contribution < 1.29 is 38.1 Å². The van der Waals surface area contributed by atoms with Gasteiger partial charge in [0.25, 0.3) is 0 Å². The number of esters is 1. The maximum absolute atomic E-state index is 14.6. The van der Waals surface area contributed by atoms with E-state index in [0.29, 0.717) is 30.0 Å². The van der Waals surface area contributed by atoms with E-state index in [-0.39, 0.29) is 24.1 Å². The number of aromatic nitrogens is 3. The molecule has 15 heteroatoms. The SMILES string of the molecule is N#C[C@]12O[C@@H](c3ccc4c(N)ncnn34)[C@H](O)[C@@]1(O)C2OP(=O)(N[C@H](C(=O)OCC1CC1)C1CCCCC1)Oc1ccccc1. The lowest BCUT2D eigenvalue weighted by Crippen LogP contribution is -2.45. The number of fused-ring (bicyclic) bond motifs is 2. The van der Waals surface area contributed by atoms with Crippen LogP contribution in [0.2, 0.25) is 0 Å². The first kappa shape index (κ1) is 30.1. The number of rotatable bonds is 11. The molecule has 3 saturated carbocycles. The first-order valence-corrected chi connectivity index (χ1v) is 16.8. The highest BCUT2D eigenvalue weighted by molar-refractivity contribution is 7.52. The zero-order valence-corrected chi connectivity index (χ0v) is 25.3. The van der Waals surface area contributed by atoms with Crippen LogP contribution in [-0.4, -0.2) is 66.8 Å². The Kier molecular flexibility index (Phi) is 7.59. The van der Waals surface area contributed by atoms with E-state index in [1.165, 1.54) is 10.8 Å². The van der Waals surface area contributed by atoms with Crippen LogP contribution in [0.25, 0.3) is 5.52 Å². The third kappa shape index (κ3) is 5.17. The van der Waals surface area contributed by atoms with Gasteiger partial charge in [0.15, 0.2) is 17.5 Å². The molecule has 2 unspecified atom stereocenters. The van der Waals surface area contributed by atoms with Crippen LogP contribution in [0.5, 0.6) is 5.75 Å². The molecule has 4 aliphatic rings. The number of benzene rings is 1. The van der Waals surface area contributed by atoms with E-state index < -0.39 is 49.3 Å². The molecule has 3 aromatic rings.